The van der Waals surface area contributed by atoms with Gasteiger partial charge >= 0.3 is 0 Å². The molecule has 6 nitrogen and oxygen atoms in total. The number of anilines is 3. The summed E-state index contributed by atoms with van der Waals surface area (Å²) in [4.78, 5) is 21.1. The van der Waals surface area contributed by atoms with Crippen LogP contribution in [0.25, 0.3) is 0 Å². The second-order valence-electron chi connectivity index (χ2n) is 6.64. The Morgan fingerprint density at radius 3 is 2.43 bits per heavy atom. The lowest BCUT2D eigenvalue weighted by atomic mass is 10.2. The zero-order valence-electron chi connectivity index (χ0n) is 16.4. The first-order valence-electron chi connectivity index (χ1n) is 9.46. The van der Waals surface area contributed by atoms with Crippen molar-refractivity contribution in [3.63, 3.8) is 0 Å². The van der Waals surface area contributed by atoms with Crippen molar-refractivity contribution >= 4 is 23.1 Å². The molecule has 2 aromatic heterocycles. The van der Waals surface area contributed by atoms with E-state index in [9.17, 15) is 4.79 Å². The fourth-order valence-corrected chi connectivity index (χ4v) is 2.88. The lowest BCUT2D eigenvalue weighted by Crippen LogP contribution is -2.13. The van der Waals surface area contributed by atoms with Crippen molar-refractivity contribution in [2.45, 2.75) is 6.92 Å². The van der Waals surface area contributed by atoms with Crippen LogP contribution in [-0.2, 0) is 0 Å². The summed E-state index contributed by atoms with van der Waals surface area (Å²) >= 11 is 0. The quantitative estimate of drug-likeness (QED) is 0.445. The molecule has 0 atom stereocenters. The van der Waals surface area contributed by atoms with Crippen molar-refractivity contribution in [1.82, 2.24) is 9.97 Å². The third-order valence-corrected chi connectivity index (χ3v) is 4.26. The van der Waals surface area contributed by atoms with Crippen LogP contribution < -0.4 is 15.4 Å². The highest BCUT2D eigenvalue weighted by atomic mass is 16.5. The van der Waals surface area contributed by atoms with Crippen LogP contribution in [0.5, 0.6) is 11.5 Å². The first-order valence-corrected chi connectivity index (χ1v) is 9.46. The third-order valence-electron chi connectivity index (χ3n) is 4.26. The predicted molar refractivity (Wildman–Crippen MR) is 117 cm³/mol. The lowest BCUT2D eigenvalue weighted by molar-refractivity contribution is 0.102. The van der Waals surface area contributed by atoms with E-state index in [2.05, 4.69) is 20.6 Å². The molecule has 0 fully saturated rings. The second-order valence-corrected chi connectivity index (χ2v) is 6.64. The van der Waals surface area contributed by atoms with E-state index in [1.165, 1.54) is 0 Å². The fourth-order valence-electron chi connectivity index (χ4n) is 2.88. The standard InChI is InChI=1S/C24H20N4O2/c1-17-14-20(10-12-25-17)27-19-7-5-6-18(15-19)24(29)28-23-16-22(11-13-26-23)30-21-8-3-2-4-9-21/h2-16H,1H3,(H,25,27)(H,26,28,29). The minimum Gasteiger partial charge on any atom is -0.457 e. The molecule has 1 amide bonds. The Hall–Kier alpha value is -4.19. The van der Waals surface area contributed by atoms with Crippen LogP contribution in [0.2, 0.25) is 0 Å². The summed E-state index contributed by atoms with van der Waals surface area (Å²) in [7, 11) is 0. The number of pyridine rings is 2. The number of nitrogens with one attached hydrogen (secondary N) is 2. The summed E-state index contributed by atoms with van der Waals surface area (Å²) in [6, 6.07) is 24.0. The highest BCUT2D eigenvalue weighted by Crippen LogP contribution is 2.23. The number of ether oxygens (including phenoxy) is 1. The Morgan fingerprint density at radius 1 is 0.800 bits per heavy atom. The Bertz CT molecular complexity index is 1160. The molecule has 0 radical (unpaired) electrons. The number of carbonyl (C=O) groups excluding carboxylic acids is 1. The molecule has 0 bridgehead atoms. The van der Waals surface area contributed by atoms with Gasteiger partial charge in [0.2, 0.25) is 0 Å². The van der Waals surface area contributed by atoms with Crippen LogP contribution in [0.1, 0.15) is 16.1 Å². The number of benzene rings is 2. The maximum absolute atomic E-state index is 12.7. The molecule has 6 heteroatoms. The molecule has 4 aromatic rings. The van der Waals surface area contributed by atoms with Crippen molar-refractivity contribution in [3.8, 4) is 11.5 Å². The van der Waals surface area contributed by atoms with E-state index in [-0.39, 0.29) is 5.91 Å². The highest BCUT2D eigenvalue weighted by Gasteiger charge is 2.09. The van der Waals surface area contributed by atoms with Gasteiger partial charge in [0.25, 0.3) is 5.91 Å². The van der Waals surface area contributed by atoms with Crippen LogP contribution in [-0.4, -0.2) is 15.9 Å². The monoisotopic (exact) mass is 396 g/mol. The summed E-state index contributed by atoms with van der Waals surface area (Å²) in [5.41, 5.74) is 3.15. The van der Waals surface area contributed by atoms with Gasteiger partial charge in [-0.1, -0.05) is 24.3 Å². The molecule has 0 aliphatic rings. The maximum Gasteiger partial charge on any atom is 0.256 e. The zero-order valence-corrected chi connectivity index (χ0v) is 16.4. The molecule has 4 rings (SSSR count). The number of aromatic nitrogens is 2. The molecule has 0 saturated carbocycles. The van der Waals surface area contributed by atoms with Crippen molar-refractivity contribution in [2.75, 3.05) is 10.6 Å². The summed E-state index contributed by atoms with van der Waals surface area (Å²) in [5, 5.41) is 6.10. The van der Waals surface area contributed by atoms with E-state index in [0.717, 1.165) is 17.1 Å². The van der Waals surface area contributed by atoms with E-state index in [0.29, 0.717) is 22.9 Å². The molecule has 148 valence electrons. The Kier molecular flexibility index (Phi) is 5.66. The van der Waals surface area contributed by atoms with Gasteiger partial charge in [0.1, 0.15) is 17.3 Å². The normalized spacial score (nSPS) is 10.3. The van der Waals surface area contributed by atoms with Gasteiger partial charge in [-0.05, 0) is 55.5 Å². The minimum atomic E-state index is -0.256. The zero-order chi connectivity index (χ0) is 20.8. The summed E-state index contributed by atoms with van der Waals surface area (Å²) in [5.74, 6) is 1.46. The van der Waals surface area contributed by atoms with Gasteiger partial charge in [0, 0.05) is 41.1 Å². The van der Waals surface area contributed by atoms with Gasteiger partial charge in [-0.3, -0.25) is 9.78 Å². The molecule has 30 heavy (non-hydrogen) atoms. The largest absolute Gasteiger partial charge is 0.457 e. The Labute approximate surface area is 174 Å². The van der Waals surface area contributed by atoms with Gasteiger partial charge in [-0.2, -0.15) is 0 Å². The molecule has 0 spiro atoms. The van der Waals surface area contributed by atoms with E-state index >= 15 is 0 Å². The van der Waals surface area contributed by atoms with Gasteiger partial charge in [-0.25, -0.2) is 4.98 Å². The predicted octanol–water partition coefficient (Wildman–Crippen LogP) is 5.57. The third kappa shape index (κ3) is 4.99. The van der Waals surface area contributed by atoms with Gasteiger partial charge in [-0.15, -0.1) is 0 Å². The molecule has 0 aliphatic heterocycles. The van der Waals surface area contributed by atoms with E-state index in [4.69, 9.17) is 4.74 Å². The fraction of sp³-hybridized carbons (Fsp3) is 0.0417. The first-order chi connectivity index (χ1) is 14.7. The number of hydrogen-bond donors (Lipinski definition) is 2. The van der Waals surface area contributed by atoms with Crippen molar-refractivity contribution in [3.05, 3.63) is 103 Å². The van der Waals surface area contributed by atoms with E-state index in [1.807, 2.05) is 61.5 Å². The van der Waals surface area contributed by atoms with Crippen molar-refractivity contribution in [2.24, 2.45) is 0 Å². The van der Waals surface area contributed by atoms with Crippen molar-refractivity contribution < 1.29 is 9.53 Å². The lowest BCUT2D eigenvalue weighted by Gasteiger charge is -2.10. The second kappa shape index (κ2) is 8.87. The number of aryl methyl sites for hydroxylation is 1. The number of rotatable bonds is 6. The maximum atomic E-state index is 12.7. The number of carbonyl (C=O) groups is 1. The smallest absolute Gasteiger partial charge is 0.256 e. The van der Waals surface area contributed by atoms with Gasteiger partial charge < -0.3 is 15.4 Å². The Balaban J connectivity index is 1.46. The Morgan fingerprint density at radius 2 is 1.60 bits per heavy atom. The summed E-state index contributed by atoms with van der Waals surface area (Å²) < 4.78 is 5.80. The summed E-state index contributed by atoms with van der Waals surface area (Å²) in [6.45, 7) is 1.93. The topological polar surface area (TPSA) is 76.1 Å². The summed E-state index contributed by atoms with van der Waals surface area (Å²) in [6.07, 6.45) is 3.34. The van der Waals surface area contributed by atoms with Gasteiger partial charge in [0.05, 0.1) is 0 Å². The molecule has 0 unspecified atom stereocenters. The molecule has 2 N–H and O–H groups in total. The molecular formula is C24H20N4O2. The molecule has 0 saturated heterocycles. The SMILES string of the molecule is Cc1cc(Nc2cccc(C(=O)Nc3cc(Oc4ccccc4)ccn3)c2)ccn1. The number of para-hydroxylation sites is 1. The van der Waals surface area contributed by atoms with Crippen LogP contribution in [0.3, 0.4) is 0 Å². The van der Waals surface area contributed by atoms with E-state index in [1.54, 1.807) is 36.7 Å². The number of nitrogens with zero attached hydrogens (tertiary/aromatic N) is 2. The van der Waals surface area contributed by atoms with Crippen LogP contribution in [0.4, 0.5) is 17.2 Å². The average Bonchev–Trinajstić information content (AvgIpc) is 2.75. The molecular weight excluding hydrogens is 376 g/mol. The van der Waals surface area contributed by atoms with Crippen LogP contribution >= 0.6 is 0 Å². The molecule has 2 aromatic carbocycles. The van der Waals surface area contributed by atoms with Gasteiger partial charge in [0.15, 0.2) is 0 Å². The van der Waals surface area contributed by atoms with E-state index < -0.39 is 0 Å². The highest BCUT2D eigenvalue weighted by molar-refractivity contribution is 6.04. The molecule has 2 heterocycles. The van der Waals surface area contributed by atoms with Crippen LogP contribution in [0, 0.1) is 6.92 Å². The number of amides is 1. The number of hydrogen-bond acceptors (Lipinski definition) is 5. The average molecular weight is 396 g/mol. The van der Waals surface area contributed by atoms with Crippen molar-refractivity contribution in [1.29, 1.82) is 0 Å². The van der Waals surface area contributed by atoms with Crippen LogP contribution in [0.15, 0.2) is 91.3 Å². The minimum absolute atomic E-state index is 0.256. The first kappa shape index (κ1) is 19.1. The molecule has 0 aliphatic carbocycles.